The first-order valence-electron chi connectivity index (χ1n) is 6.48. The molecule has 2 aromatic rings. The van der Waals surface area contributed by atoms with E-state index in [-0.39, 0.29) is 11.6 Å². The van der Waals surface area contributed by atoms with Gasteiger partial charge in [-0.25, -0.2) is 9.18 Å². The van der Waals surface area contributed by atoms with E-state index in [0.717, 1.165) is 0 Å². The topological polar surface area (TPSA) is 49.3 Å². The summed E-state index contributed by atoms with van der Waals surface area (Å²) in [7, 11) is 0. The number of hydrogen-bond donors (Lipinski definition) is 2. The molecule has 0 bridgehead atoms. The minimum absolute atomic E-state index is 0.183. The highest BCUT2D eigenvalue weighted by molar-refractivity contribution is 7.10. The molecule has 20 heavy (non-hydrogen) atoms. The number of hydrogen-bond acceptors (Lipinski definition) is 3. The van der Waals surface area contributed by atoms with Gasteiger partial charge in [0.1, 0.15) is 5.82 Å². The maximum absolute atomic E-state index is 13.4. The molecule has 1 aliphatic rings. The monoisotopic (exact) mass is 291 g/mol. The molecule has 1 aromatic heterocycles. The molecule has 0 spiro atoms. The van der Waals surface area contributed by atoms with E-state index in [2.05, 4.69) is 11.4 Å². The Balaban J connectivity index is 1.86. The Morgan fingerprint density at radius 2 is 2.20 bits per heavy atom. The molecule has 1 aliphatic carbocycles. The number of anilines is 1. The van der Waals surface area contributed by atoms with Crippen LogP contribution in [0, 0.1) is 11.7 Å². The average molecular weight is 291 g/mol. The molecule has 2 N–H and O–H groups in total. The molecule has 1 saturated carbocycles. The van der Waals surface area contributed by atoms with Crippen LogP contribution in [-0.2, 0) is 0 Å². The van der Waals surface area contributed by atoms with E-state index < -0.39 is 11.8 Å². The van der Waals surface area contributed by atoms with Crippen molar-refractivity contribution in [1.82, 2.24) is 0 Å². The minimum Gasteiger partial charge on any atom is -0.478 e. The van der Waals surface area contributed by atoms with Gasteiger partial charge in [0, 0.05) is 10.6 Å². The van der Waals surface area contributed by atoms with E-state index in [1.165, 1.54) is 29.9 Å². The molecule has 1 heterocycles. The quantitative estimate of drug-likeness (QED) is 0.870. The maximum atomic E-state index is 13.4. The summed E-state index contributed by atoms with van der Waals surface area (Å²) in [6, 6.07) is 8.41. The number of carboxylic acids is 1. The summed E-state index contributed by atoms with van der Waals surface area (Å²) in [4.78, 5) is 12.2. The predicted octanol–water partition coefficient (Wildman–Crippen LogP) is 4.15. The average Bonchev–Trinajstić information content (AvgIpc) is 3.12. The lowest BCUT2D eigenvalue weighted by Gasteiger charge is -2.18. The van der Waals surface area contributed by atoms with Gasteiger partial charge in [0.05, 0.1) is 11.6 Å². The summed E-state index contributed by atoms with van der Waals surface area (Å²) in [6.45, 7) is 0. The van der Waals surface area contributed by atoms with Gasteiger partial charge in [-0.15, -0.1) is 11.3 Å². The second-order valence-corrected chi connectivity index (χ2v) is 5.95. The largest absolute Gasteiger partial charge is 0.478 e. The fraction of sp³-hybridized carbons (Fsp3) is 0.267. The van der Waals surface area contributed by atoms with E-state index >= 15 is 0 Å². The number of thiophene rings is 1. The van der Waals surface area contributed by atoms with E-state index in [0.29, 0.717) is 11.6 Å². The molecular formula is C15H14FNO2S. The van der Waals surface area contributed by atoms with Crippen LogP contribution in [-0.4, -0.2) is 11.1 Å². The summed E-state index contributed by atoms with van der Waals surface area (Å²) in [6.07, 6.45) is 2.34. The number of halogens is 1. The lowest BCUT2D eigenvalue weighted by Crippen LogP contribution is -2.12. The second-order valence-electron chi connectivity index (χ2n) is 4.97. The molecule has 1 unspecified atom stereocenters. The van der Waals surface area contributed by atoms with Crippen molar-refractivity contribution in [2.45, 2.75) is 18.9 Å². The number of carboxylic acid groups (broad SMARTS) is 1. The second kappa shape index (κ2) is 5.25. The van der Waals surface area contributed by atoms with Gasteiger partial charge in [-0.05, 0) is 48.4 Å². The minimum atomic E-state index is -1.25. The van der Waals surface area contributed by atoms with E-state index in [1.807, 2.05) is 11.4 Å². The number of nitrogens with one attached hydrogen (secondary N) is 1. The van der Waals surface area contributed by atoms with Gasteiger partial charge >= 0.3 is 5.97 Å². The highest BCUT2D eigenvalue weighted by Crippen LogP contribution is 2.44. The summed E-state index contributed by atoms with van der Waals surface area (Å²) < 4.78 is 13.4. The molecule has 3 nitrogen and oxygen atoms in total. The van der Waals surface area contributed by atoms with E-state index in [4.69, 9.17) is 5.11 Å². The molecule has 0 saturated heterocycles. The third kappa shape index (κ3) is 2.67. The predicted molar refractivity (Wildman–Crippen MR) is 76.8 cm³/mol. The molecule has 1 aromatic carbocycles. The van der Waals surface area contributed by atoms with Crippen molar-refractivity contribution in [1.29, 1.82) is 0 Å². The summed E-state index contributed by atoms with van der Waals surface area (Å²) >= 11 is 1.68. The first-order valence-corrected chi connectivity index (χ1v) is 7.36. The normalized spacial score (nSPS) is 15.8. The van der Waals surface area contributed by atoms with Crippen LogP contribution in [0.3, 0.4) is 0 Å². The molecule has 104 valence electrons. The Morgan fingerprint density at radius 3 is 2.80 bits per heavy atom. The lowest BCUT2D eigenvalue weighted by atomic mass is 10.1. The summed E-state index contributed by atoms with van der Waals surface area (Å²) in [5, 5.41) is 14.3. The van der Waals surface area contributed by atoms with Crippen molar-refractivity contribution in [2.75, 3.05) is 5.32 Å². The highest BCUT2D eigenvalue weighted by atomic mass is 32.1. The van der Waals surface area contributed by atoms with Crippen LogP contribution < -0.4 is 5.32 Å². The van der Waals surface area contributed by atoms with Crippen molar-refractivity contribution < 1.29 is 14.3 Å². The fourth-order valence-electron chi connectivity index (χ4n) is 2.28. The van der Waals surface area contributed by atoms with Crippen LogP contribution in [0.15, 0.2) is 35.7 Å². The fourth-order valence-corrected chi connectivity index (χ4v) is 3.15. The van der Waals surface area contributed by atoms with Crippen LogP contribution in [0.4, 0.5) is 10.1 Å². The summed E-state index contributed by atoms with van der Waals surface area (Å²) in [5.74, 6) is -1.38. The zero-order valence-corrected chi connectivity index (χ0v) is 11.5. The number of benzene rings is 1. The van der Waals surface area contributed by atoms with Crippen molar-refractivity contribution in [2.24, 2.45) is 5.92 Å². The Bertz CT molecular complexity index is 623. The van der Waals surface area contributed by atoms with E-state index in [9.17, 15) is 9.18 Å². The van der Waals surface area contributed by atoms with Gasteiger partial charge in [-0.3, -0.25) is 0 Å². The molecular weight excluding hydrogens is 277 g/mol. The van der Waals surface area contributed by atoms with Crippen LogP contribution in [0.5, 0.6) is 0 Å². The van der Waals surface area contributed by atoms with Crippen LogP contribution in [0.25, 0.3) is 0 Å². The number of aromatic carboxylic acids is 1. The lowest BCUT2D eigenvalue weighted by molar-refractivity contribution is 0.0692. The molecule has 0 aliphatic heterocycles. The van der Waals surface area contributed by atoms with Crippen molar-refractivity contribution in [3.63, 3.8) is 0 Å². The first-order chi connectivity index (χ1) is 9.65. The Morgan fingerprint density at radius 1 is 1.40 bits per heavy atom. The Kier molecular flexibility index (Phi) is 3.44. The van der Waals surface area contributed by atoms with Crippen LogP contribution in [0.2, 0.25) is 0 Å². The third-order valence-corrected chi connectivity index (χ3v) is 4.42. The van der Waals surface area contributed by atoms with Crippen molar-refractivity contribution >= 4 is 23.0 Å². The maximum Gasteiger partial charge on any atom is 0.338 e. The van der Waals surface area contributed by atoms with Crippen LogP contribution >= 0.6 is 11.3 Å². The molecule has 5 heteroatoms. The van der Waals surface area contributed by atoms with Gasteiger partial charge in [-0.1, -0.05) is 6.07 Å². The number of rotatable bonds is 5. The highest BCUT2D eigenvalue weighted by Gasteiger charge is 2.33. The molecule has 0 radical (unpaired) electrons. The SMILES string of the molecule is O=C(O)c1cc(NC(c2cccs2)C2CC2)ccc1F. The smallest absolute Gasteiger partial charge is 0.338 e. The van der Waals surface area contributed by atoms with Crippen LogP contribution in [0.1, 0.15) is 34.1 Å². The zero-order valence-electron chi connectivity index (χ0n) is 10.7. The third-order valence-electron chi connectivity index (χ3n) is 3.46. The number of carbonyl (C=O) groups is 1. The van der Waals surface area contributed by atoms with Crippen molar-refractivity contribution in [3.8, 4) is 0 Å². The zero-order chi connectivity index (χ0) is 14.1. The Hall–Kier alpha value is -1.88. The van der Waals surface area contributed by atoms with Crippen molar-refractivity contribution in [3.05, 3.63) is 52.0 Å². The molecule has 3 rings (SSSR count). The van der Waals surface area contributed by atoms with Gasteiger partial charge < -0.3 is 10.4 Å². The standard InChI is InChI=1S/C15H14FNO2S/c16-12-6-5-10(8-11(12)15(18)19)17-14(9-3-4-9)13-2-1-7-20-13/h1-2,5-9,14,17H,3-4H2,(H,18,19). The van der Waals surface area contributed by atoms with Gasteiger partial charge in [-0.2, -0.15) is 0 Å². The Labute approximate surface area is 120 Å². The van der Waals surface area contributed by atoms with Gasteiger partial charge in [0.15, 0.2) is 0 Å². The molecule has 0 amide bonds. The first kappa shape index (κ1) is 13.1. The van der Waals surface area contributed by atoms with Gasteiger partial charge in [0.25, 0.3) is 0 Å². The summed E-state index contributed by atoms with van der Waals surface area (Å²) in [5.41, 5.74) is 0.352. The van der Waals surface area contributed by atoms with Gasteiger partial charge in [0.2, 0.25) is 0 Å². The van der Waals surface area contributed by atoms with E-state index in [1.54, 1.807) is 17.4 Å². The molecule has 1 fully saturated rings. The molecule has 1 atom stereocenters.